The highest BCUT2D eigenvalue weighted by molar-refractivity contribution is 14.1. The van der Waals surface area contributed by atoms with Gasteiger partial charge in [-0.1, -0.05) is 22.6 Å². The third-order valence-corrected chi connectivity index (χ3v) is 2.97. The molecule has 0 nitrogen and oxygen atoms in total. The van der Waals surface area contributed by atoms with Gasteiger partial charge in [0, 0.05) is 4.43 Å². The smallest absolute Gasteiger partial charge is 0.131 e. The van der Waals surface area contributed by atoms with Crippen molar-refractivity contribution in [1.82, 2.24) is 0 Å². The Bertz CT molecular complexity index is 87.1. The summed E-state index contributed by atoms with van der Waals surface area (Å²) < 4.78 is 25.6. The third-order valence-electron chi connectivity index (χ3n) is 1.73. The monoisotopic (exact) mass is 246 g/mol. The van der Waals surface area contributed by atoms with Crippen LogP contribution in [-0.4, -0.2) is 16.8 Å². The zero-order chi connectivity index (χ0) is 6.85. The number of hydrogen-bond donors (Lipinski definition) is 0. The molecule has 0 radical (unpaired) electrons. The fourth-order valence-electron chi connectivity index (χ4n) is 1.15. The van der Waals surface area contributed by atoms with Gasteiger partial charge < -0.3 is 0 Å². The fourth-order valence-corrected chi connectivity index (χ4v) is 1.87. The molecule has 1 rings (SSSR count). The average Bonchev–Trinajstić information content (AvgIpc) is 2.13. The van der Waals surface area contributed by atoms with E-state index in [9.17, 15) is 8.78 Å². The molecular weight excluding hydrogens is 237 g/mol. The minimum Gasteiger partial charge on any atom is -0.244 e. The summed E-state index contributed by atoms with van der Waals surface area (Å²) in [7, 11) is 0. The maximum atomic E-state index is 12.4. The van der Waals surface area contributed by atoms with Crippen molar-refractivity contribution in [3.8, 4) is 0 Å². The van der Waals surface area contributed by atoms with Gasteiger partial charge in [-0.05, 0) is 18.8 Å². The number of alkyl halides is 3. The van der Waals surface area contributed by atoms with Gasteiger partial charge in [-0.25, -0.2) is 8.78 Å². The Morgan fingerprint density at radius 1 is 1.22 bits per heavy atom. The molecule has 0 spiro atoms. The standard InChI is InChI=1S/C6H9F2I/c7-5-1-4(3-9)2-6(5)8/h4-6H,1-3H2. The predicted molar refractivity (Wildman–Crippen MR) is 41.4 cm³/mol. The summed E-state index contributed by atoms with van der Waals surface area (Å²) in [6, 6.07) is 0. The molecule has 1 aliphatic carbocycles. The molecule has 54 valence electrons. The number of rotatable bonds is 1. The summed E-state index contributed by atoms with van der Waals surface area (Å²) in [5.41, 5.74) is 0. The van der Waals surface area contributed by atoms with Crippen LogP contribution in [-0.2, 0) is 0 Å². The average molecular weight is 246 g/mol. The number of halogens is 3. The van der Waals surface area contributed by atoms with E-state index in [1.165, 1.54) is 0 Å². The first kappa shape index (κ1) is 7.69. The fraction of sp³-hybridized carbons (Fsp3) is 1.00. The van der Waals surface area contributed by atoms with Crippen molar-refractivity contribution in [3.05, 3.63) is 0 Å². The first-order valence-electron chi connectivity index (χ1n) is 3.08. The highest BCUT2D eigenvalue weighted by atomic mass is 127. The summed E-state index contributed by atoms with van der Waals surface area (Å²) in [6.07, 6.45) is -1.48. The van der Waals surface area contributed by atoms with E-state index >= 15 is 0 Å². The van der Waals surface area contributed by atoms with Crippen molar-refractivity contribution in [1.29, 1.82) is 0 Å². The highest BCUT2D eigenvalue weighted by Crippen LogP contribution is 2.31. The maximum absolute atomic E-state index is 12.4. The predicted octanol–water partition coefficient (Wildman–Crippen LogP) is 2.51. The Morgan fingerprint density at radius 2 is 1.67 bits per heavy atom. The van der Waals surface area contributed by atoms with E-state index in [1.807, 2.05) is 0 Å². The van der Waals surface area contributed by atoms with Crippen LogP contribution >= 0.6 is 22.6 Å². The first-order chi connectivity index (χ1) is 4.24. The zero-order valence-electron chi connectivity index (χ0n) is 4.99. The molecule has 0 heterocycles. The van der Waals surface area contributed by atoms with Gasteiger partial charge in [0.15, 0.2) is 0 Å². The van der Waals surface area contributed by atoms with Crippen molar-refractivity contribution in [3.63, 3.8) is 0 Å². The third kappa shape index (κ3) is 1.75. The molecule has 9 heavy (non-hydrogen) atoms. The minimum atomic E-state index is -1.18. The van der Waals surface area contributed by atoms with Gasteiger partial charge >= 0.3 is 0 Å². The Labute approximate surface area is 67.2 Å². The van der Waals surface area contributed by atoms with Crippen LogP contribution in [0.25, 0.3) is 0 Å². The largest absolute Gasteiger partial charge is 0.244 e. The van der Waals surface area contributed by atoms with Gasteiger partial charge in [-0.3, -0.25) is 0 Å². The summed E-state index contributed by atoms with van der Waals surface area (Å²) in [4.78, 5) is 0. The maximum Gasteiger partial charge on any atom is 0.131 e. The highest BCUT2D eigenvalue weighted by Gasteiger charge is 2.33. The molecule has 1 fully saturated rings. The molecule has 0 aromatic rings. The summed E-state index contributed by atoms with van der Waals surface area (Å²) >= 11 is 2.18. The van der Waals surface area contributed by atoms with Crippen LogP contribution in [0.5, 0.6) is 0 Å². The second kappa shape index (κ2) is 3.12. The Morgan fingerprint density at radius 3 is 1.89 bits per heavy atom. The van der Waals surface area contributed by atoms with Crippen LogP contribution in [0.15, 0.2) is 0 Å². The molecule has 0 N–H and O–H groups in total. The molecule has 0 aliphatic heterocycles. The minimum absolute atomic E-state index is 0.288. The lowest BCUT2D eigenvalue weighted by Gasteiger charge is -1.98. The molecular formula is C6H9F2I. The van der Waals surface area contributed by atoms with E-state index in [-0.39, 0.29) is 5.92 Å². The molecule has 1 saturated carbocycles. The molecule has 2 atom stereocenters. The van der Waals surface area contributed by atoms with Crippen LogP contribution in [0.1, 0.15) is 12.8 Å². The summed E-state index contributed by atoms with van der Waals surface area (Å²) in [5.74, 6) is 0.288. The van der Waals surface area contributed by atoms with Crippen LogP contribution < -0.4 is 0 Å². The molecule has 1 aliphatic rings. The van der Waals surface area contributed by atoms with Crippen LogP contribution in [0.3, 0.4) is 0 Å². The van der Waals surface area contributed by atoms with Gasteiger partial charge in [0.2, 0.25) is 0 Å². The molecule has 2 unspecified atom stereocenters. The lowest BCUT2D eigenvalue weighted by Crippen LogP contribution is -2.06. The first-order valence-corrected chi connectivity index (χ1v) is 4.60. The summed E-state index contributed by atoms with van der Waals surface area (Å²) in [6.45, 7) is 0. The second-order valence-corrected chi connectivity index (χ2v) is 3.40. The van der Waals surface area contributed by atoms with E-state index in [0.717, 1.165) is 4.43 Å². The Kier molecular flexibility index (Phi) is 2.67. The van der Waals surface area contributed by atoms with Gasteiger partial charge in [0.1, 0.15) is 12.3 Å². The van der Waals surface area contributed by atoms with E-state index in [4.69, 9.17) is 0 Å². The van der Waals surface area contributed by atoms with Gasteiger partial charge in [0.05, 0.1) is 0 Å². The topological polar surface area (TPSA) is 0 Å². The van der Waals surface area contributed by atoms with E-state index < -0.39 is 12.3 Å². The van der Waals surface area contributed by atoms with Gasteiger partial charge in [-0.2, -0.15) is 0 Å². The van der Waals surface area contributed by atoms with Crippen molar-refractivity contribution in [2.24, 2.45) is 5.92 Å². The van der Waals surface area contributed by atoms with Crippen LogP contribution in [0.4, 0.5) is 8.78 Å². The van der Waals surface area contributed by atoms with E-state index in [0.29, 0.717) is 12.8 Å². The van der Waals surface area contributed by atoms with E-state index in [2.05, 4.69) is 22.6 Å². The molecule has 0 aromatic heterocycles. The molecule has 0 saturated heterocycles. The van der Waals surface area contributed by atoms with Crippen molar-refractivity contribution >= 4 is 22.6 Å². The molecule has 0 amide bonds. The lowest BCUT2D eigenvalue weighted by molar-refractivity contribution is 0.199. The zero-order valence-corrected chi connectivity index (χ0v) is 7.14. The van der Waals surface area contributed by atoms with Crippen molar-refractivity contribution in [2.75, 3.05) is 4.43 Å². The quantitative estimate of drug-likeness (QED) is 0.492. The molecule has 0 bridgehead atoms. The Balaban J connectivity index is 2.35. The van der Waals surface area contributed by atoms with Crippen molar-refractivity contribution in [2.45, 2.75) is 25.2 Å². The van der Waals surface area contributed by atoms with Crippen LogP contribution in [0.2, 0.25) is 0 Å². The molecule has 3 heteroatoms. The van der Waals surface area contributed by atoms with Crippen molar-refractivity contribution < 1.29 is 8.78 Å². The normalized spacial score (nSPS) is 43.7. The Hall–Kier alpha value is 0.590. The lowest BCUT2D eigenvalue weighted by atomic mass is 10.1. The number of hydrogen-bond acceptors (Lipinski definition) is 0. The van der Waals surface area contributed by atoms with Gasteiger partial charge in [-0.15, -0.1) is 0 Å². The van der Waals surface area contributed by atoms with E-state index in [1.54, 1.807) is 0 Å². The van der Waals surface area contributed by atoms with Crippen LogP contribution in [0, 0.1) is 5.92 Å². The molecule has 0 aromatic carbocycles. The summed E-state index contributed by atoms with van der Waals surface area (Å²) in [5, 5.41) is 0. The second-order valence-electron chi connectivity index (χ2n) is 2.52. The SMILES string of the molecule is FC1CC(CI)CC1F. The van der Waals surface area contributed by atoms with Gasteiger partial charge in [0.25, 0.3) is 0 Å².